The summed E-state index contributed by atoms with van der Waals surface area (Å²) in [5.41, 5.74) is 1.08. The highest BCUT2D eigenvalue weighted by Crippen LogP contribution is 2.25. The molecule has 3 heterocycles. The summed E-state index contributed by atoms with van der Waals surface area (Å²) in [6, 6.07) is 7.90. The van der Waals surface area contributed by atoms with Gasteiger partial charge < -0.3 is 30.5 Å². The number of benzene rings is 2. The summed E-state index contributed by atoms with van der Waals surface area (Å²) in [5.74, 6) is -3.39. The van der Waals surface area contributed by atoms with Crippen LogP contribution in [0.15, 0.2) is 48.8 Å². The van der Waals surface area contributed by atoms with E-state index in [0.717, 1.165) is 19.2 Å². The van der Waals surface area contributed by atoms with E-state index in [1.54, 1.807) is 23.1 Å². The van der Waals surface area contributed by atoms with E-state index in [4.69, 9.17) is 11.6 Å². The van der Waals surface area contributed by atoms with Gasteiger partial charge in [0.15, 0.2) is 5.82 Å². The van der Waals surface area contributed by atoms with Crippen molar-refractivity contribution in [3.63, 3.8) is 0 Å². The lowest BCUT2D eigenvalue weighted by molar-refractivity contribution is -0.133. The third-order valence-electron chi connectivity index (χ3n) is 7.36. The molecule has 1 atom stereocenters. The van der Waals surface area contributed by atoms with Crippen LogP contribution in [0.5, 0.6) is 0 Å². The van der Waals surface area contributed by atoms with Crippen LogP contribution in [0.4, 0.5) is 10.1 Å². The van der Waals surface area contributed by atoms with Crippen molar-refractivity contribution in [3.8, 4) is 5.69 Å². The molecule has 4 N–H and O–H groups in total. The van der Waals surface area contributed by atoms with Crippen molar-refractivity contribution in [2.24, 2.45) is 0 Å². The van der Waals surface area contributed by atoms with Crippen molar-refractivity contribution in [2.45, 2.75) is 18.9 Å². The second-order valence-electron chi connectivity index (χ2n) is 10.4. The zero-order chi connectivity index (χ0) is 32.1. The standard InChI is InChI=1S/C29H29ClFN9O5/c1-38-10-12-39(13-11-38)26(42)9-6-22(28(43)33-18-2-5-21-17(14-18)15-23(34-21)29(44)45)35-25(41)8-3-19-24(40-16-32-36-37-40)7-4-20(30)27(19)31/h2-5,7-8,14-16,22,34H,6,9-13H2,1H3,(H,33,43)(H,35,41)(H,44,45). The smallest absolute Gasteiger partial charge is 0.352 e. The molecule has 234 valence electrons. The Morgan fingerprint density at radius 1 is 1.13 bits per heavy atom. The molecule has 0 saturated carbocycles. The number of carboxylic acid groups (broad SMARTS) is 1. The fraction of sp³-hybridized carbons (Fsp3) is 0.276. The number of likely N-dealkylation sites (N-methyl/N-ethyl adjacent to an activating group) is 1. The van der Waals surface area contributed by atoms with Crippen LogP contribution in [-0.4, -0.2) is 103 Å². The molecule has 2 aromatic heterocycles. The number of piperazine rings is 1. The van der Waals surface area contributed by atoms with Gasteiger partial charge in [0.2, 0.25) is 17.7 Å². The maximum atomic E-state index is 15.0. The van der Waals surface area contributed by atoms with Crippen molar-refractivity contribution in [1.82, 2.24) is 40.3 Å². The van der Waals surface area contributed by atoms with E-state index in [2.05, 4.69) is 36.0 Å². The van der Waals surface area contributed by atoms with E-state index in [9.17, 15) is 28.7 Å². The highest BCUT2D eigenvalue weighted by atomic mass is 35.5. The first-order chi connectivity index (χ1) is 21.6. The number of amides is 3. The molecule has 16 heteroatoms. The number of anilines is 1. The Morgan fingerprint density at radius 2 is 1.91 bits per heavy atom. The maximum Gasteiger partial charge on any atom is 0.352 e. The zero-order valence-corrected chi connectivity index (χ0v) is 24.8. The van der Waals surface area contributed by atoms with E-state index in [-0.39, 0.29) is 40.7 Å². The Labute approximate surface area is 260 Å². The van der Waals surface area contributed by atoms with Crippen LogP contribution in [0.25, 0.3) is 22.7 Å². The lowest BCUT2D eigenvalue weighted by Crippen LogP contribution is -2.48. The van der Waals surface area contributed by atoms with E-state index in [0.29, 0.717) is 29.7 Å². The summed E-state index contributed by atoms with van der Waals surface area (Å²) < 4.78 is 16.2. The van der Waals surface area contributed by atoms with Gasteiger partial charge in [-0.15, -0.1) is 5.10 Å². The molecule has 0 aliphatic carbocycles. The highest BCUT2D eigenvalue weighted by molar-refractivity contribution is 6.31. The lowest BCUT2D eigenvalue weighted by Gasteiger charge is -2.32. The average Bonchev–Trinajstić information content (AvgIpc) is 3.71. The molecule has 4 aromatic rings. The van der Waals surface area contributed by atoms with E-state index >= 15 is 0 Å². The van der Waals surface area contributed by atoms with Gasteiger partial charge in [-0.25, -0.2) is 9.18 Å². The Bertz CT molecular complexity index is 1770. The number of aromatic amines is 1. The third kappa shape index (κ3) is 7.50. The number of carboxylic acids is 1. The Balaban J connectivity index is 1.33. The molecular formula is C29H29ClFN9O5. The van der Waals surface area contributed by atoms with Gasteiger partial charge in [-0.05, 0) is 66.4 Å². The predicted molar refractivity (Wildman–Crippen MR) is 162 cm³/mol. The van der Waals surface area contributed by atoms with Crippen molar-refractivity contribution in [2.75, 3.05) is 38.5 Å². The number of carbonyl (C=O) groups is 4. The van der Waals surface area contributed by atoms with Crippen LogP contribution in [0, 0.1) is 5.82 Å². The van der Waals surface area contributed by atoms with Gasteiger partial charge in [-0.1, -0.05) is 11.6 Å². The first-order valence-electron chi connectivity index (χ1n) is 13.9. The van der Waals surface area contributed by atoms with Gasteiger partial charge >= 0.3 is 5.97 Å². The van der Waals surface area contributed by atoms with Crippen molar-refractivity contribution < 1.29 is 28.7 Å². The van der Waals surface area contributed by atoms with Crippen LogP contribution in [0.1, 0.15) is 28.9 Å². The topological polar surface area (TPSA) is 178 Å². The number of rotatable bonds is 10. The fourth-order valence-electron chi connectivity index (χ4n) is 4.87. The number of hydrogen-bond acceptors (Lipinski definition) is 8. The van der Waals surface area contributed by atoms with Crippen molar-refractivity contribution >= 4 is 58.0 Å². The number of fused-ring (bicyclic) bond motifs is 1. The molecule has 1 fully saturated rings. The van der Waals surface area contributed by atoms with Gasteiger partial charge in [0.05, 0.1) is 10.7 Å². The highest BCUT2D eigenvalue weighted by Gasteiger charge is 2.25. The van der Waals surface area contributed by atoms with Crippen molar-refractivity contribution in [3.05, 3.63) is 70.9 Å². The molecule has 14 nitrogen and oxygen atoms in total. The fourth-order valence-corrected chi connectivity index (χ4v) is 5.04. The minimum absolute atomic E-state index is 0.00300. The molecule has 2 aromatic carbocycles. The predicted octanol–water partition coefficient (Wildman–Crippen LogP) is 2.33. The molecule has 0 bridgehead atoms. The number of aromatic carboxylic acids is 1. The molecule has 1 aliphatic rings. The minimum atomic E-state index is -1.14. The summed E-state index contributed by atoms with van der Waals surface area (Å²) in [6.07, 6.45) is 3.48. The van der Waals surface area contributed by atoms with E-state index in [1.807, 2.05) is 7.05 Å². The Morgan fingerprint density at radius 3 is 2.62 bits per heavy atom. The van der Waals surface area contributed by atoms with Crippen molar-refractivity contribution in [1.29, 1.82) is 0 Å². The van der Waals surface area contributed by atoms with Crippen LogP contribution < -0.4 is 10.6 Å². The summed E-state index contributed by atoms with van der Waals surface area (Å²) >= 11 is 5.97. The van der Waals surface area contributed by atoms with Gasteiger partial charge in [-0.3, -0.25) is 14.4 Å². The van der Waals surface area contributed by atoms with Gasteiger partial charge in [-0.2, -0.15) is 4.68 Å². The zero-order valence-electron chi connectivity index (χ0n) is 24.0. The van der Waals surface area contributed by atoms with Gasteiger partial charge in [0.25, 0.3) is 0 Å². The number of nitrogens with zero attached hydrogens (tertiary/aromatic N) is 6. The lowest BCUT2D eigenvalue weighted by atomic mass is 10.1. The Hall–Kier alpha value is -5.15. The third-order valence-corrected chi connectivity index (χ3v) is 7.65. The maximum absolute atomic E-state index is 15.0. The summed E-state index contributed by atoms with van der Waals surface area (Å²) in [5, 5.41) is 25.8. The van der Waals surface area contributed by atoms with Crippen LogP contribution in [0.3, 0.4) is 0 Å². The number of hydrogen-bond donors (Lipinski definition) is 4. The van der Waals surface area contributed by atoms with E-state index in [1.165, 1.54) is 35.3 Å². The molecule has 0 radical (unpaired) electrons. The molecule has 0 spiro atoms. The number of aromatic nitrogens is 5. The minimum Gasteiger partial charge on any atom is -0.477 e. The normalized spacial score (nSPS) is 14.5. The molecule has 1 saturated heterocycles. The van der Waals surface area contributed by atoms with Gasteiger partial charge in [0, 0.05) is 60.8 Å². The van der Waals surface area contributed by atoms with Crippen LogP contribution in [0.2, 0.25) is 5.02 Å². The Kier molecular flexibility index (Phi) is 9.49. The average molecular weight is 638 g/mol. The van der Waals surface area contributed by atoms with E-state index < -0.39 is 29.6 Å². The number of tetrazole rings is 1. The van der Waals surface area contributed by atoms with Crippen LogP contribution >= 0.6 is 11.6 Å². The largest absolute Gasteiger partial charge is 0.477 e. The molecule has 3 amide bonds. The molecule has 1 aliphatic heterocycles. The summed E-state index contributed by atoms with van der Waals surface area (Å²) in [7, 11) is 1.97. The van der Waals surface area contributed by atoms with Crippen LogP contribution in [-0.2, 0) is 14.4 Å². The molecule has 1 unspecified atom stereocenters. The number of halogens is 2. The van der Waals surface area contributed by atoms with Gasteiger partial charge in [0.1, 0.15) is 18.1 Å². The summed E-state index contributed by atoms with van der Waals surface area (Å²) in [4.78, 5) is 57.3. The molecular weight excluding hydrogens is 609 g/mol. The quantitative estimate of drug-likeness (QED) is 0.190. The molecule has 45 heavy (non-hydrogen) atoms. The SMILES string of the molecule is CN1CCN(C(=O)CCC(NC(=O)C=Cc2c(-n3cnnn3)ccc(Cl)c2F)C(=O)Nc2ccc3[nH]c(C(=O)O)cc3c2)CC1. The second-order valence-corrected chi connectivity index (χ2v) is 10.9. The first kappa shape index (κ1) is 31.3. The first-order valence-corrected chi connectivity index (χ1v) is 14.3. The number of nitrogens with one attached hydrogen (secondary N) is 3. The number of carbonyl (C=O) groups excluding carboxylic acids is 3. The molecule has 5 rings (SSSR count). The number of H-pyrrole nitrogens is 1. The summed E-state index contributed by atoms with van der Waals surface area (Å²) in [6.45, 7) is 2.58. The second kappa shape index (κ2) is 13.7. The monoisotopic (exact) mass is 637 g/mol.